The van der Waals surface area contributed by atoms with Gasteiger partial charge >= 0.3 is 0 Å². The fraction of sp³-hybridized carbons (Fsp3) is 0.667. The standard InChI is InChI=1S/C21H31ClN6O4S/c1-21(2,29)19-18(22)16-6-5-15(26-33(3,30)31)17(28(16)25-19)13-32-14-7-11-27(12-8-14)20-23-9-4-10-24-20/h4,9-10,14-15,17,26,29H,5-8,11-13H2,1-3H3. The zero-order valence-corrected chi connectivity index (χ0v) is 20.7. The first-order valence-electron chi connectivity index (χ1n) is 11.1. The van der Waals surface area contributed by atoms with Crippen molar-refractivity contribution < 1.29 is 18.3 Å². The van der Waals surface area contributed by atoms with E-state index < -0.39 is 15.6 Å². The Bertz CT molecular complexity index is 1060. The third-order valence-corrected chi connectivity index (χ3v) is 7.27. The predicted octanol–water partition coefficient (Wildman–Crippen LogP) is 1.64. The summed E-state index contributed by atoms with van der Waals surface area (Å²) in [6.45, 7) is 5.12. The Morgan fingerprint density at radius 2 is 1.91 bits per heavy atom. The minimum absolute atomic E-state index is 0.0361. The maximum Gasteiger partial charge on any atom is 0.225 e. The molecule has 4 rings (SSSR count). The number of ether oxygens (including phenoxy) is 1. The minimum Gasteiger partial charge on any atom is -0.384 e. The molecule has 0 radical (unpaired) electrons. The average molecular weight is 499 g/mol. The van der Waals surface area contributed by atoms with E-state index >= 15 is 0 Å². The van der Waals surface area contributed by atoms with Crippen LogP contribution in [0.2, 0.25) is 5.02 Å². The molecule has 0 aromatic carbocycles. The molecule has 2 N–H and O–H groups in total. The highest BCUT2D eigenvalue weighted by Crippen LogP contribution is 2.36. The van der Waals surface area contributed by atoms with Gasteiger partial charge in [0, 0.05) is 31.5 Å². The normalized spacial score (nSPS) is 22.4. The Morgan fingerprint density at radius 3 is 2.52 bits per heavy atom. The molecule has 0 saturated carbocycles. The van der Waals surface area contributed by atoms with Gasteiger partial charge in [0.1, 0.15) is 11.3 Å². The smallest absolute Gasteiger partial charge is 0.225 e. The second kappa shape index (κ2) is 9.46. The summed E-state index contributed by atoms with van der Waals surface area (Å²) in [5.74, 6) is 0.718. The van der Waals surface area contributed by atoms with Crippen LogP contribution in [0.4, 0.5) is 5.95 Å². The molecule has 4 heterocycles. The molecule has 1 saturated heterocycles. The molecule has 182 valence electrons. The van der Waals surface area contributed by atoms with Crippen molar-refractivity contribution in [2.75, 3.05) is 30.9 Å². The van der Waals surface area contributed by atoms with Gasteiger partial charge in [-0.3, -0.25) is 4.68 Å². The molecule has 0 spiro atoms. The van der Waals surface area contributed by atoms with Crippen molar-refractivity contribution in [3.63, 3.8) is 0 Å². The molecule has 12 heteroatoms. The molecule has 1 fully saturated rings. The monoisotopic (exact) mass is 498 g/mol. The van der Waals surface area contributed by atoms with E-state index in [4.69, 9.17) is 16.3 Å². The molecule has 0 amide bonds. The Hall–Kier alpha value is -1.79. The number of hydrogen-bond acceptors (Lipinski definition) is 8. The summed E-state index contributed by atoms with van der Waals surface area (Å²) in [6, 6.07) is 1.05. The number of sulfonamides is 1. The van der Waals surface area contributed by atoms with Crippen LogP contribution in [0, 0.1) is 0 Å². The summed E-state index contributed by atoms with van der Waals surface area (Å²) in [7, 11) is -3.42. The maximum absolute atomic E-state index is 12.0. The number of nitrogens with one attached hydrogen (secondary N) is 1. The van der Waals surface area contributed by atoms with Crippen LogP contribution >= 0.6 is 11.6 Å². The van der Waals surface area contributed by atoms with Gasteiger partial charge in [0.05, 0.1) is 35.7 Å². The van der Waals surface area contributed by atoms with Crippen molar-refractivity contribution in [1.29, 1.82) is 0 Å². The van der Waals surface area contributed by atoms with E-state index in [1.807, 2.05) is 0 Å². The zero-order chi connectivity index (χ0) is 23.8. The van der Waals surface area contributed by atoms with Crippen LogP contribution in [0.25, 0.3) is 0 Å². The number of aliphatic hydroxyl groups is 1. The quantitative estimate of drug-likeness (QED) is 0.590. The van der Waals surface area contributed by atoms with Gasteiger partial charge in [-0.15, -0.1) is 0 Å². The van der Waals surface area contributed by atoms with E-state index in [-0.39, 0.29) is 24.8 Å². The van der Waals surface area contributed by atoms with E-state index in [2.05, 4.69) is 24.7 Å². The van der Waals surface area contributed by atoms with Gasteiger partial charge in [-0.25, -0.2) is 23.1 Å². The number of hydrogen-bond donors (Lipinski definition) is 2. The lowest BCUT2D eigenvalue weighted by Crippen LogP contribution is -2.47. The fourth-order valence-electron chi connectivity index (χ4n) is 4.50. The molecule has 33 heavy (non-hydrogen) atoms. The molecule has 2 aromatic rings. The Morgan fingerprint density at radius 1 is 1.24 bits per heavy atom. The van der Waals surface area contributed by atoms with E-state index in [1.165, 1.54) is 0 Å². The molecule has 10 nitrogen and oxygen atoms in total. The van der Waals surface area contributed by atoms with Crippen molar-refractivity contribution in [2.24, 2.45) is 0 Å². The number of piperidine rings is 1. The van der Waals surface area contributed by atoms with Gasteiger partial charge in [0.2, 0.25) is 16.0 Å². The third-order valence-electron chi connectivity index (χ3n) is 6.14. The highest BCUT2D eigenvalue weighted by Gasteiger charge is 2.38. The first-order chi connectivity index (χ1) is 15.5. The number of rotatable bonds is 7. The summed E-state index contributed by atoms with van der Waals surface area (Å²) in [4.78, 5) is 10.8. The molecule has 2 aliphatic heterocycles. The van der Waals surface area contributed by atoms with E-state index in [0.717, 1.165) is 43.8 Å². The van der Waals surface area contributed by atoms with Crippen LogP contribution < -0.4 is 9.62 Å². The van der Waals surface area contributed by atoms with Gasteiger partial charge in [-0.05, 0) is 45.6 Å². The highest BCUT2D eigenvalue weighted by atomic mass is 35.5. The lowest BCUT2D eigenvalue weighted by molar-refractivity contribution is 0.00529. The van der Waals surface area contributed by atoms with Crippen LogP contribution in [0.15, 0.2) is 18.5 Å². The van der Waals surface area contributed by atoms with Gasteiger partial charge in [-0.1, -0.05) is 11.6 Å². The fourth-order valence-corrected chi connectivity index (χ4v) is 5.78. The number of halogens is 1. The van der Waals surface area contributed by atoms with Crippen LogP contribution in [-0.4, -0.2) is 71.4 Å². The van der Waals surface area contributed by atoms with Gasteiger partial charge in [0.15, 0.2) is 0 Å². The summed E-state index contributed by atoms with van der Waals surface area (Å²) >= 11 is 6.56. The third kappa shape index (κ3) is 5.65. The first-order valence-corrected chi connectivity index (χ1v) is 13.4. The Labute approximate surface area is 199 Å². The van der Waals surface area contributed by atoms with E-state index in [0.29, 0.717) is 23.6 Å². The minimum atomic E-state index is -3.42. The number of aromatic nitrogens is 4. The summed E-state index contributed by atoms with van der Waals surface area (Å²) < 4.78 is 34.8. The second-order valence-corrected chi connectivity index (χ2v) is 11.4. The van der Waals surface area contributed by atoms with Crippen molar-refractivity contribution in [1.82, 2.24) is 24.5 Å². The van der Waals surface area contributed by atoms with Gasteiger partial charge in [0.25, 0.3) is 0 Å². The molecular formula is C21H31ClN6O4S. The summed E-state index contributed by atoms with van der Waals surface area (Å²) in [5, 5.41) is 15.5. The van der Waals surface area contributed by atoms with Crippen molar-refractivity contribution in [3.05, 3.63) is 34.9 Å². The lowest BCUT2D eigenvalue weighted by Gasteiger charge is -2.36. The second-order valence-electron chi connectivity index (χ2n) is 9.28. The average Bonchev–Trinajstić information content (AvgIpc) is 3.10. The molecule has 2 atom stereocenters. The maximum atomic E-state index is 12.0. The number of fused-ring (bicyclic) bond motifs is 1. The molecule has 0 aliphatic carbocycles. The topological polar surface area (TPSA) is 122 Å². The first kappa shape index (κ1) is 24.3. The highest BCUT2D eigenvalue weighted by molar-refractivity contribution is 7.88. The Balaban J connectivity index is 1.48. The SMILES string of the molecule is CC(C)(O)c1nn2c(c1Cl)CCC(NS(C)(=O)=O)C2COC1CCN(c2ncccn2)CC1. The molecule has 0 bridgehead atoms. The number of nitrogens with zero attached hydrogens (tertiary/aromatic N) is 5. The van der Waals surface area contributed by atoms with Crippen LogP contribution in [0.1, 0.15) is 50.5 Å². The largest absolute Gasteiger partial charge is 0.384 e. The summed E-state index contributed by atoms with van der Waals surface area (Å²) in [6.07, 6.45) is 7.42. The van der Waals surface area contributed by atoms with Crippen molar-refractivity contribution in [3.8, 4) is 0 Å². The molecular weight excluding hydrogens is 468 g/mol. The van der Waals surface area contributed by atoms with Gasteiger partial charge < -0.3 is 14.7 Å². The predicted molar refractivity (Wildman–Crippen MR) is 125 cm³/mol. The molecule has 2 aliphatic rings. The van der Waals surface area contributed by atoms with Crippen molar-refractivity contribution in [2.45, 2.75) is 63.3 Å². The Kier molecular flexibility index (Phi) is 6.97. The van der Waals surface area contributed by atoms with E-state index in [9.17, 15) is 13.5 Å². The van der Waals surface area contributed by atoms with E-state index in [1.54, 1.807) is 37.0 Å². The number of anilines is 1. The lowest BCUT2D eigenvalue weighted by atomic mass is 9.97. The molecule has 2 unspecified atom stereocenters. The summed E-state index contributed by atoms with van der Waals surface area (Å²) in [5.41, 5.74) is -0.0239. The van der Waals surface area contributed by atoms with Gasteiger partial charge in [-0.2, -0.15) is 5.10 Å². The van der Waals surface area contributed by atoms with Crippen LogP contribution in [0.5, 0.6) is 0 Å². The molecule has 2 aromatic heterocycles. The zero-order valence-electron chi connectivity index (χ0n) is 19.1. The van der Waals surface area contributed by atoms with Crippen molar-refractivity contribution >= 4 is 27.6 Å². The van der Waals surface area contributed by atoms with Crippen LogP contribution in [-0.2, 0) is 26.8 Å². The van der Waals surface area contributed by atoms with Crippen LogP contribution in [0.3, 0.4) is 0 Å².